The molecule has 0 fully saturated rings. The highest BCUT2D eigenvalue weighted by molar-refractivity contribution is 7.80. The number of carbonyl (C=O) groups is 1. The minimum absolute atomic E-state index is 0.0548. The van der Waals surface area contributed by atoms with E-state index in [0.717, 1.165) is 41.3 Å². The average molecular weight is 409 g/mol. The fourth-order valence-corrected chi connectivity index (χ4v) is 4.18. The fourth-order valence-electron chi connectivity index (χ4n) is 3.84. The molecular formula is C24H28N2O2S. The molecule has 0 spiro atoms. The van der Waals surface area contributed by atoms with Crippen LogP contribution in [0.15, 0.2) is 53.7 Å². The number of hydrogen-bond donors (Lipinski definition) is 1. The van der Waals surface area contributed by atoms with E-state index in [1.807, 2.05) is 48.2 Å². The molecule has 3 rings (SSSR count). The Balaban J connectivity index is 1.88. The van der Waals surface area contributed by atoms with Crippen molar-refractivity contribution in [3.8, 4) is 11.5 Å². The first-order valence-electron chi connectivity index (χ1n) is 9.96. The molecule has 0 saturated carbocycles. The molecule has 1 heterocycles. The van der Waals surface area contributed by atoms with Crippen LogP contribution in [0.25, 0.3) is 0 Å². The van der Waals surface area contributed by atoms with Gasteiger partial charge in [0.1, 0.15) is 11.5 Å². The molecule has 1 aliphatic rings. The lowest BCUT2D eigenvalue weighted by Crippen LogP contribution is -2.47. The van der Waals surface area contributed by atoms with Crippen LogP contribution in [0.3, 0.4) is 0 Å². The Morgan fingerprint density at radius 3 is 2.24 bits per heavy atom. The van der Waals surface area contributed by atoms with Crippen molar-refractivity contribution in [1.29, 1.82) is 0 Å². The second kappa shape index (κ2) is 8.78. The van der Waals surface area contributed by atoms with E-state index in [1.165, 1.54) is 11.1 Å². The average Bonchev–Trinajstić information content (AvgIpc) is 2.64. The van der Waals surface area contributed by atoms with Crippen LogP contribution in [-0.2, 0) is 4.79 Å². The third-order valence-electron chi connectivity index (χ3n) is 5.07. The molecule has 29 heavy (non-hydrogen) atoms. The lowest BCUT2D eigenvalue weighted by atomic mass is 9.92. The summed E-state index contributed by atoms with van der Waals surface area (Å²) in [5.41, 5.74) is 5.01. The van der Waals surface area contributed by atoms with Gasteiger partial charge in [0.05, 0.1) is 6.04 Å². The molecule has 0 aliphatic carbocycles. The van der Waals surface area contributed by atoms with Gasteiger partial charge in [0.15, 0.2) is 10.9 Å². The number of hydrogen-bond acceptors (Lipinski definition) is 3. The Morgan fingerprint density at radius 1 is 1.07 bits per heavy atom. The number of allylic oxidation sites excluding steroid dienone is 1. The molecule has 0 amide bonds. The maximum Gasteiger partial charge on any atom is 0.173 e. The van der Waals surface area contributed by atoms with Crippen LogP contribution in [0, 0.1) is 13.8 Å². The van der Waals surface area contributed by atoms with Crippen molar-refractivity contribution in [2.75, 3.05) is 6.54 Å². The van der Waals surface area contributed by atoms with Gasteiger partial charge in [-0.2, -0.15) is 0 Å². The van der Waals surface area contributed by atoms with Gasteiger partial charge >= 0.3 is 0 Å². The largest absolute Gasteiger partial charge is 0.457 e. The summed E-state index contributed by atoms with van der Waals surface area (Å²) in [5, 5.41) is 4.01. The van der Waals surface area contributed by atoms with Crippen molar-refractivity contribution in [1.82, 2.24) is 10.2 Å². The van der Waals surface area contributed by atoms with Crippen LogP contribution in [0.5, 0.6) is 11.5 Å². The number of benzene rings is 2. The van der Waals surface area contributed by atoms with Gasteiger partial charge in [0, 0.05) is 17.8 Å². The van der Waals surface area contributed by atoms with Crippen LogP contribution in [-0.4, -0.2) is 22.3 Å². The van der Waals surface area contributed by atoms with Gasteiger partial charge in [0.25, 0.3) is 0 Å². The van der Waals surface area contributed by atoms with Crippen molar-refractivity contribution in [2.45, 2.75) is 47.1 Å². The number of nitrogens with one attached hydrogen (secondary N) is 1. The normalized spacial score (nSPS) is 16.7. The molecule has 1 N–H and O–H groups in total. The Labute approximate surface area is 178 Å². The second-order valence-electron chi connectivity index (χ2n) is 7.58. The molecule has 4 nitrogen and oxygen atoms in total. The van der Waals surface area contributed by atoms with Crippen molar-refractivity contribution in [2.24, 2.45) is 0 Å². The Bertz CT molecular complexity index is 943. The molecular weight excluding hydrogens is 380 g/mol. The third kappa shape index (κ3) is 4.67. The topological polar surface area (TPSA) is 41.6 Å². The maximum absolute atomic E-state index is 12.4. The molecule has 2 aromatic carbocycles. The molecule has 5 heteroatoms. The van der Waals surface area contributed by atoms with Crippen LogP contribution in [0.2, 0.25) is 0 Å². The van der Waals surface area contributed by atoms with Crippen molar-refractivity contribution >= 4 is 23.1 Å². The predicted molar refractivity (Wildman–Crippen MR) is 121 cm³/mol. The highest BCUT2D eigenvalue weighted by atomic mass is 32.1. The van der Waals surface area contributed by atoms with Gasteiger partial charge < -0.3 is 15.0 Å². The molecule has 0 saturated heterocycles. The Kier molecular flexibility index (Phi) is 6.38. The first-order chi connectivity index (χ1) is 13.8. The van der Waals surface area contributed by atoms with Crippen LogP contribution < -0.4 is 10.1 Å². The molecule has 1 aliphatic heterocycles. The molecule has 152 valence electrons. The van der Waals surface area contributed by atoms with E-state index in [2.05, 4.69) is 32.2 Å². The molecule has 0 radical (unpaired) electrons. The molecule has 0 bridgehead atoms. The number of Topliss-reactive ketones (excluding diaryl/α,β-unsaturated/α-hetero) is 1. The van der Waals surface area contributed by atoms with Gasteiger partial charge in [-0.05, 0) is 87.3 Å². The zero-order valence-corrected chi connectivity index (χ0v) is 18.5. The summed E-state index contributed by atoms with van der Waals surface area (Å²) in [7, 11) is 0. The van der Waals surface area contributed by atoms with Gasteiger partial charge in [-0.3, -0.25) is 4.79 Å². The summed E-state index contributed by atoms with van der Waals surface area (Å²) in [6.07, 6.45) is 0.958. The molecule has 1 unspecified atom stereocenters. The SMILES string of the molecule is CCCN1C(=S)NC(c2ccc(Oc3cc(C)cc(C)c3)cc2)C(C(C)=O)=C1C. The van der Waals surface area contributed by atoms with E-state index >= 15 is 0 Å². The van der Waals surface area contributed by atoms with E-state index in [4.69, 9.17) is 17.0 Å². The smallest absolute Gasteiger partial charge is 0.173 e. The van der Waals surface area contributed by atoms with E-state index in [1.54, 1.807) is 6.92 Å². The standard InChI is InChI=1S/C24H28N2O2S/c1-6-11-26-17(4)22(18(5)27)23(25-24(26)29)19-7-9-20(10-8-19)28-21-13-15(2)12-16(3)14-21/h7-10,12-14,23H,6,11H2,1-5H3,(H,25,29). The molecule has 2 aromatic rings. The van der Waals surface area contributed by atoms with Crippen LogP contribution in [0.1, 0.15) is 49.9 Å². The van der Waals surface area contributed by atoms with Crippen LogP contribution >= 0.6 is 12.2 Å². The van der Waals surface area contributed by atoms with E-state index in [9.17, 15) is 4.79 Å². The van der Waals surface area contributed by atoms with Gasteiger partial charge in [0.2, 0.25) is 0 Å². The Hall–Kier alpha value is -2.66. The van der Waals surface area contributed by atoms with Gasteiger partial charge in [-0.15, -0.1) is 0 Å². The zero-order valence-electron chi connectivity index (χ0n) is 17.7. The number of aryl methyl sites for hydroxylation is 2. The monoisotopic (exact) mass is 408 g/mol. The maximum atomic E-state index is 12.4. The highest BCUT2D eigenvalue weighted by Crippen LogP contribution is 2.33. The highest BCUT2D eigenvalue weighted by Gasteiger charge is 2.31. The molecule has 1 atom stereocenters. The summed E-state index contributed by atoms with van der Waals surface area (Å²) in [4.78, 5) is 14.4. The fraction of sp³-hybridized carbons (Fsp3) is 0.333. The number of carbonyl (C=O) groups excluding carboxylic acids is 1. The predicted octanol–water partition coefficient (Wildman–Crippen LogP) is 5.60. The van der Waals surface area contributed by atoms with Crippen LogP contribution in [0.4, 0.5) is 0 Å². The second-order valence-corrected chi connectivity index (χ2v) is 7.97. The first-order valence-corrected chi connectivity index (χ1v) is 10.4. The summed E-state index contributed by atoms with van der Waals surface area (Å²) in [5.74, 6) is 1.64. The zero-order chi connectivity index (χ0) is 21.1. The van der Waals surface area contributed by atoms with E-state index in [-0.39, 0.29) is 11.8 Å². The summed E-state index contributed by atoms with van der Waals surface area (Å²) < 4.78 is 6.01. The number of nitrogens with zero attached hydrogens (tertiary/aromatic N) is 1. The number of ether oxygens (including phenoxy) is 1. The summed E-state index contributed by atoms with van der Waals surface area (Å²) >= 11 is 5.57. The van der Waals surface area contributed by atoms with Crippen molar-refractivity contribution < 1.29 is 9.53 Å². The summed E-state index contributed by atoms with van der Waals surface area (Å²) in [6.45, 7) is 10.6. The minimum atomic E-state index is -0.247. The third-order valence-corrected chi connectivity index (χ3v) is 5.41. The van der Waals surface area contributed by atoms with E-state index < -0.39 is 0 Å². The summed E-state index contributed by atoms with van der Waals surface area (Å²) in [6, 6.07) is 13.8. The number of rotatable bonds is 6. The van der Waals surface area contributed by atoms with Gasteiger partial charge in [-0.1, -0.05) is 25.1 Å². The number of ketones is 1. The lowest BCUT2D eigenvalue weighted by molar-refractivity contribution is -0.114. The minimum Gasteiger partial charge on any atom is -0.457 e. The van der Waals surface area contributed by atoms with Crippen molar-refractivity contribution in [3.05, 3.63) is 70.4 Å². The lowest BCUT2D eigenvalue weighted by Gasteiger charge is -2.37. The van der Waals surface area contributed by atoms with Crippen molar-refractivity contribution in [3.63, 3.8) is 0 Å². The van der Waals surface area contributed by atoms with E-state index in [0.29, 0.717) is 5.11 Å². The first kappa shape index (κ1) is 21.1. The number of thiocarbonyl (C=S) groups is 1. The quantitative estimate of drug-likeness (QED) is 0.630. The molecule has 0 aromatic heterocycles. The Morgan fingerprint density at radius 2 is 1.69 bits per heavy atom. The van der Waals surface area contributed by atoms with Gasteiger partial charge in [-0.25, -0.2) is 0 Å².